The molecule has 40 heavy (non-hydrogen) atoms. The highest BCUT2D eigenvalue weighted by atomic mass is 35.5. The first-order valence-corrected chi connectivity index (χ1v) is 14.1. The minimum atomic E-state index is -4.21. The predicted octanol–water partition coefficient (Wildman–Crippen LogP) is 4.29. The van der Waals surface area contributed by atoms with Crippen LogP contribution >= 0.6 is 36.4 Å². The molecule has 14 heteroatoms. The number of amidine groups is 1. The van der Waals surface area contributed by atoms with Crippen LogP contribution in [-0.4, -0.2) is 74.6 Å². The average molecular weight is 635 g/mol. The van der Waals surface area contributed by atoms with Crippen LogP contribution in [0.4, 0.5) is 5.69 Å². The summed E-state index contributed by atoms with van der Waals surface area (Å²) >= 11 is 6.48. The second-order valence-corrected chi connectivity index (χ2v) is 11.0. The largest absolute Gasteiger partial charge is 0.489 e. The number of nitrogen functional groups attached to an aromatic ring is 1. The van der Waals surface area contributed by atoms with Crippen molar-refractivity contribution >= 4 is 76.3 Å². The van der Waals surface area contributed by atoms with Crippen molar-refractivity contribution in [3.8, 4) is 5.75 Å². The summed E-state index contributed by atoms with van der Waals surface area (Å²) in [6.07, 6.45) is 6.67. The lowest BCUT2D eigenvalue weighted by molar-refractivity contribution is -0.134. The maximum absolute atomic E-state index is 12.9. The van der Waals surface area contributed by atoms with Gasteiger partial charge in [-0.2, -0.15) is 0 Å². The summed E-state index contributed by atoms with van der Waals surface area (Å²) in [6.45, 7) is 4.21. The number of nitrogens with two attached hydrogens (primary N) is 1. The van der Waals surface area contributed by atoms with E-state index in [1.807, 2.05) is 13.3 Å². The number of nitrogens with zero attached hydrogens (tertiary/aromatic N) is 3. The van der Waals surface area contributed by atoms with Gasteiger partial charge in [-0.25, -0.2) is 8.42 Å². The summed E-state index contributed by atoms with van der Waals surface area (Å²) in [5.41, 5.74) is 7.00. The maximum Gasteiger partial charge on any atom is 0.320 e. The normalized spacial score (nSPS) is 14.0. The Bertz CT molecular complexity index is 1320. The predicted molar refractivity (Wildman–Crippen MR) is 165 cm³/mol. The van der Waals surface area contributed by atoms with Crippen LogP contribution in [0.15, 0.2) is 53.5 Å². The molecule has 1 aliphatic rings. The van der Waals surface area contributed by atoms with Crippen LogP contribution in [0.3, 0.4) is 0 Å². The number of sulfonamides is 1. The quantitative estimate of drug-likeness (QED) is 0.233. The molecule has 1 fully saturated rings. The smallest absolute Gasteiger partial charge is 0.320 e. The summed E-state index contributed by atoms with van der Waals surface area (Å²) in [7, 11) is -4.21. The van der Waals surface area contributed by atoms with E-state index in [2.05, 4.69) is 9.89 Å². The number of rotatable bonds is 12. The van der Waals surface area contributed by atoms with Crippen LogP contribution in [0.25, 0.3) is 6.08 Å². The number of hydrogen-bond donors (Lipinski definition) is 3. The number of benzene rings is 2. The molecule has 0 unspecified atom stereocenters. The van der Waals surface area contributed by atoms with Gasteiger partial charge in [0.25, 0.3) is 0 Å². The molecule has 10 nitrogen and oxygen atoms in total. The van der Waals surface area contributed by atoms with Crippen LogP contribution in [0.5, 0.6) is 5.75 Å². The summed E-state index contributed by atoms with van der Waals surface area (Å²) in [5, 5.41) is 17.0. The summed E-state index contributed by atoms with van der Waals surface area (Å²) < 4.78 is 32.9. The van der Waals surface area contributed by atoms with E-state index in [4.69, 9.17) is 32.6 Å². The molecular formula is C26H34Cl3N5O5S. The molecule has 0 saturated carbocycles. The Hall–Kier alpha value is -2.99. The minimum absolute atomic E-state index is 0. The van der Waals surface area contributed by atoms with Gasteiger partial charge in [-0.3, -0.25) is 19.5 Å². The van der Waals surface area contributed by atoms with Gasteiger partial charge in [-0.1, -0.05) is 42.0 Å². The summed E-state index contributed by atoms with van der Waals surface area (Å²) in [4.78, 5) is 17.7. The molecule has 2 aromatic rings. The van der Waals surface area contributed by atoms with E-state index in [0.717, 1.165) is 36.8 Å². The third kappa shape index (κ3) is 10.2. The fourth-order valence-corrected chi connectivity index (χ4v) is 5.37. The van der Waals surface area contributed by atoms with Gasteiger partial charge in [0, 0.05) is 38.0 Å². The van der Waals surface area contributed by atoms with E-state index in [-0.39, 0.29) is 54.0 Å². The van der Waals surface area contributed by atoms with Crippen molar-refractivity contribution in [3.05, 3.63) is 64.7 Å². The highest BCUT2D eigenvalue weighted by Crippen LogP contribution is 2.32. The SMILES string of the molecule is CCN=CN1CCC(Oc2ccc(N(C/C=C/c3cccc(C(=N)N)c3)S(=O)(=O)CC(=O)O)cc2Cl)CC1.Cl.Cl. The topological polar surface area (TPSA) is 149 Å². The van der Waals surface area contributed by atoms with E-state index in [0.29, 0.717) is 16.9 Å². The first-order chi connectivity index (χ1) is 18.1. The number of nitrogens with one attached hydrogen (secondary N) is 1. The van der Waals surface area contributed by atoms with Crippen molar-refractivity contribution in [1.82, 2.24) is 4.90 Å². The fraction of sp³-hybridized carbons (Fsp3) is 0.346. The number of hydrogen-bond acceptors (Lipinski definition) is 6. The molecule has 0 bridgehead atoms. The summed E-state index contributed by atoms with van der Waals surface area (Å²) in [6, 6.07) is 11.5. The third-order valence-corrected chi connectivity index (χ3v) is 7.76. The average Bonchev–Trinajstić information content (AvgIpc) is 2.86. The molecule has 1 saturated heterocycles. The fourth-order valence-electron chi connectivity index (χ4n) is 3.93. The zero-order chi connectivity index (χ0) is 27.7. The van der Waals surface area contributed by atoms with E-state index >= 15 is 0 Å². The Labute approximate surface area is 252 Å². The number of carbonyl (C=O) groups is 1. The molecule has 1 heterocycles. The summed E-state index contributed by atoms with van der Waals surface area (Å²) in [5.74, 6) is -2.19. The Balaban J connectivity index is 0.00000400. The second-order valence-electron chi connectivity index (χ2n) is 8.70. The van der Waals surface area contributed by atoms with Crippen LogP contribution in [0.1, 0.15) is 30.9 Å². The molecule has 0 radical (unpaired) electrons. The zero-order valence-electron chi connectivity index (χ0n) is 21.9. The number of aliphatic carboxylic acids is 1. The van der Waals surface area contributed by atoms with Crippen molar-refractivity contribution in [3.63, 3.8) is 0 Å². The number of halogens is 3. The number of ether oxygens (including phenoxy) is 1. The molecule has 4 N–H and O–H groups in total. The monoisotopic (exact) mass is 633 g/mol. The highest BCUT2D eigenvalue weighted by molar-refractivity contribution is 7.93. The van der Waals surface area contributed by atoms with E-state index in [1.54, 1.807) is 48.6 Å². The Kier molecular flexibility index (Phi) is 14.3. The highest BCUT2D eigenvalue weighted by Gasteiger charge is 2.26. The van der Waals surface area contributed by atoms with Crippen molar-refractivity contribution < 1.29 is 23.1 Å². The molecule has 0 aromatic heterocycles. The Morgan fingerprint density at radius 3 is 2.55 bits per heavy atom. The van der Waals surface area contributed by atoms with Gasteiger partial charge in [0.1, 0.15) is 17.7 Å². The molecule has 2 aromatic carbocycles. The molecule has 0 atom stereocenters. The first kappa shape index (κ1) is 35.0. The van der Waals surface area contributed by atoms with Gasteiger partial charge in [-0.15, -0.1) is 24.8 Å². The third-order valence-electron chi connectivity index (χ3n) is 5.82. The van der Waals surface area contributed by atoms with Gasteiger partial charge in [0.15, 0.2) is 5.75 Å². The van der Waals surface area contributed by atoms with Gasteiger partial charge in [-0.05, 0) is 36.8 Å². The van der Waals surface area contributed by atoms with Crippen LogP contribution in [0.2, 0.25) is 5.02 Å². The number of anilines is 1. The lowest BCUT2D eigenvalue weighted by atomic mass is 10.1. The molecular weight excluding hydrogens is 601 g/mol. The van der Waals surface area contributed by atoms with Crippen molar-refractivity contribution in [2.75, 3.05) is 36.2 Å². The molecule has 220 valence electrons. The number of likely N-dealkylation sites (tertiary alicyclic amines) is 1. The molecule has 1 aliphatic heterocycles. The molecule has 0 aliphatic carbocycles. The number of piperidine rings is 1. The Morgan fingerprint density at radius 2 is 1.95 bits per heavy atom. The van der Waals surface area contributed by atoms with Crippen LogP contribution in [0, 0.1) is 5.41 Å². The van der Waals surface area contributed by atoms with Gasteiger partial charge in [0.05, 0.1) is 23.6 Å². The number of aliphatic imine (C=N–C) groups is 1. The van der Waals surface area contributed by atoms with Crippen molar-refractivity contribution in [2.24, 2.45) is 10.7 Å². The lowest BCUT2D eigenvalue weighted by Crippen LogP contribution is -2.37. The second kappa shape index (κ2) is 16.3. The van der Waals surface area contributed by atoms with Gasteiger partial charge >= 0.3 is 5.97 Å². The van der Waals surface area contributed by atoms with Crippen molar-refractivity contribution in [2.45, 2.75) is 25.9 Å². The van der Waals surface area contributed by atoms with Gasteiger partial charge < -0.3 is 20.5 Å². The first-order valence-electron chi connectivity index (χ1n) is 12.1. The van der Waals surface area contributed by atoms with Crippen molar-refractivity contribution in [1.29, 1.82) is 5.41 Å². The molecule has 0 spiro atoms. The molecule has 3 rings (SSSR count). The van der Waals surface area contributed by atoms with E-state index in [1.165, 1.54) is 6.07 Å². The number of carboxylic acids is 1. The van der Waals surface area contributed by atoms with Crippen LogP contribution in [-0.2, 0) is 14.8 Å². The Morgan fingerprint density at radius 1 is 1.25 bits per heavy atom. The maximum atomic E-state index is 12.9. The zero-order valence-corrected chi connectivity index (χ0v) is 25.1. The lowest BCUT2D eigenvalue weighted by Gasteiger charge is -2.31. The van der Waals surface area contributed by atoms with Gasteiger partial charge in [0.2, 0.25) is 10.0 Å². The van der Waals surface area contributed by atoms with E-state index < -0.39 is 21.7 Å². The minimum Gasteiger partial charge on any atom is -0.489 e. The van der Waals surface area contributed by atoms with E-state index in [9.17, 15) is 13.2 Å². The standard InChI is InChI=1S/C26H32ClN5O5S.2ClH/c1-2-30-18-31-13-10-22(11-14-31)37-24-9-8-21(16-23(24)27)32(38(35,36)17-25(33)34)12-4-6-19-5-3-7-20(15-19)26(28)29;;/h3-9,15-16,18,22H,2,10-14,17H2,1H3,(H3,28,29)(H,33,34);2*1H/b6-4+,30-18?;;. The van der Waals surface area contributed by atoms with Crippen LogP contribution < -0.4 is 14.8 Å². The molecule has 0 amide bonds. The number of carboxylic acid groups (broad SMARTS) is 1.